The van der Waals surface area contributed by atoms with Gasteiger partial charge in [-0.25, -0.2) is 19.7 Å². The van der Waals surface area contributed by atoms with Crippen molar-refractivity contribution >= 4 is 34.8 Å². The average Bonchev–Trinajstić information content (AvgIpc) is 3.41. The zero-order chi connectivity index (χ0) is 25.5. The molecule has 3 amide bonds. The second-order valence-electron chi connectivity index (χ2n) is 9.64. The number of methoxy groups -OCH3 is 1. The Morgan fingerprint density at radius 3 is 2.76 bits per heavy atom. The van der Waals surface area contributed by atoms with Crippen LogP contribution in [0.4, 0.5) is 16.3 Å². The maximum atomic E-state index is 13.1. The molecule has 0 bridgehead atoms. The molecule has 3 aliphatic rings. The molecule has 0 spiro atoms. The fourth-order valence-electron chi connectivity index (χ4n) is 5.42. The summed E-state index contributed by atoms with van der Waals surface area (Å²) in [6.45, 7) is 5.27. The Balaban J connectivity index is 1.08. The number of fused-ring (bicyclic) bond motifs is 2. The monoisotopic (exact) mass is 519 g/mol. The minimum Gasteiger partial charge on any atom is -0.497 e. The zero-order valence-corrected chi connectivity index (χ0v) is 21.8. The van der Waals surface area contributed by atoms with Crippen molar-refractivity contribution in [2.45, 2.75) is 45.3 Å². The number of amides is 3. The van der Waals surface area contributed by atoms with Crippen LogP contribution in [0.15, 0.2) is 30.6 Å². The van der Waals surface area contributed by atoms with E-state index in [1.807, 2.05) is 30.0 Å². The lowest BCUT2D eigenvalue weighted by atomic mass is 10.0. The number of piperidine rings is 1. The summed E-state index contributed by atoms with van der Waals surface area (Å²) in [6, 6.07) is 7.65. The quantitative estimate of drug-likeness (QED) is 0.563. The summed E-state index contributed by atoms with van der Waals surface area (Å²) in [5.74, 6) is 1.45. The van der Waals surface area contributed by atoms with E-state index in [0.717, 1.165) is 70.7 Å². The minimum atomic E-state index is -0.0983. The molecular formula is C26H29N7O3S. The summed E-state index contributed by atoms with van der Waals surface area (Å²) in [6.07, 6.45) is 3.91. The number of aromatic nitrogens is 3. The number of rotatable bonds is 4. The van der Waals surface area contributed by atoms with Gasteiger partial charge in [-0.15, -0.1) is 11.3 Å². The van der Waals surface area contributed by atoms with E-state index in [9.17, 15) is 9.59 Å². The van der Waals surface area contributed by atoms with E-state index < -0.39 is 0 Å². The van der Waals surface area contributed by atoms with Crippen LogP contribution in [0, 0.1) is 6.92 Å². The van der Waals surface area contributed by atoms with Crippen LogP contribution in [-0.2, 0) is 19.5 Å². The third kappa shape index (κ3) is 4.59. The van der Waals surface area contributed by atoms with Gasteiger partial charge in [0.1, 0.15) is 23.6 Å². The third-order valence-electron chi connectivity index (χ3n) is 7.39. The number of benzene rings is 1. The third-order valence-corrected chi connectivity index (χ3v) is 8.38. The Morgan fingerprint density at radius 2 is 1.97 bits per heavy atom. The Hall–Kier alpha value is -3.73. The van der Waals surface area contributed by atoms with E-state index in [1.54, 1.807) is 29.4 Å². The highest BCUT2D eigenvalue weighted by Crippen LogP contribution is 2.30. The normalized spacial score (nSPS) is 17.8. The fraction of sp³-hybridized carbons (Fsp3) is 0.423. The highest BCUT2D eigenvalue weighted by atomic mass is 32.1. The number of nitrogens with zero attached hydrogens (tertiary/aromatic N) is 6. The van der Waals surface area contributed by atoms with Gasteiger partial charge >= 0.3 is 6.03 Å². The predicted molar refractivity (Wildman–Crippen MR) is 140 cm³/mol. The number of carbonyl (C=O) groups excluding carboxylic acids is 2. The SMILES string of the molecule is COc1ccc2c(c1)CCN(C1CCN(c3cc(C(=O)N4Cc5nc(C)sc5C4)ncn3)CC1)C(=O)N2. The van der Waals surface area contributed by atoms with Crippen molar-refractivity contribution in [1.29, 1.82) is 0 Å². The maximum absolute atomic E-state index is 13.1. The Kier molecular flexibility index (Phi) is 6.15. The van der Waals surface area contributed by atoms with Crippen LogP contribution in [0.5, 0.6) is 5.75 Å². The first-order chi connectivity index (χ1) is 18.0. The Labute approximate surface area is 219 Å². The molecule has 1 saturated heterocycles. The van der Waals surface area contributed by atoms with Crippen molar-refractivity contribution in [2.24, 2.45) is 0 Å². The van der Waals surface area contributed by atoms with Gasteiger partial charge in [0.2, 0.25) is 0 Å². The van der Waals surface area contributed by atoms with Gasteiger partial charge in [0, 0.05) is 42.3 Å². The lowest BCUT2D eigenvalue weighted by Crippen LogP contribution is -2.49. The summed E-state index contributed by atoms with van der Waals surface area (Å²) in [4.78, 5) is 46.5. The van der Waals surface area contributed by atoms with Crippen molar-refractivity contribution in [1.82, 2.24) is 24.8 Å². The molecule has 192 valence electrons. The second-order valence-corrected chi connectivity index (χ2v) is 10.9. The zero-order valence-electron chi connectivity index (χ0n) is 20.9. The van der Waals surface area contributed by atoms with E-state index >= 15 is 0 Å². The second kappa shape index (κ2) is 9.62. The summed E-state index contributed by atoms with van der Waals surface area (Å²) in [7, 11) is 1.65. The number of carbonyl (C=O) groups is 2. The maximum Gasteiger partial charge on any atom is 0.322 e. The van der Waals surface area contributed by atoms with Crippen molar-refractivity contribution in [2.75, 3.05) is 37.0 Å². The molecule has 2 aromatic heterocycles. The first-order valence-electron chi connectivity index (χ1n) is 12.5. The van der Waals surface area contributed by atoms with Gasteiger partial charge < -0.3 is 24.8 Å². The lowest BCUT2D eigenvalue weighted by Gasteiger charge is -2.38. The molecule has 5 heterocycles. The summed E-state index contributed by atoms with van der Waals surface area (Å²) in [5, 5.41) is 4.10. The van der Waals surface area contributed by atoms with Crippen molar-refractivity contribution < 1.29 is 14.3 Å². The number of thiazole rings is 1. The van der Waals surface area contributed by atoms with Gasteiger partial charge in [-0.2, -0.15) is 0 Å². The molecule has 0 unspecified atom stereocenters. The first kappa shape index (κ1) is 23.7. The van der Waals surface area contributed by atoms with Crippen LogP contribution >= 0.6 is 11.3 Å². The van der Waals surface area contributed by atoms with Crippen LogP contribution < -0.4 is 15.0 Å². The van der Waals surface area contributed by atoms with Gasteiger partial charge in [0.05, 0.1) is 30.9 Å². The number of hydrogen-bond acceptors (Lipinski definition) is 8. The summed E-state index contributed by atoms with van der Waals surface area (Å²) in [5.41, 5.74) is 3.33. The molecule has 3 aliphatic heterocycles. The molecule has 1 N–H and O–H groups in total. The first-order valence-corrected chi connectivity index (χ1v) is 13.4. The van der Waals surface area contributed by atoms with Crippen LogP contribution in [-0.4, -0.2) is 69.5 Å². The van der Waals surface area contributed by atoms with Gasteiger partial charge in [0.25, 0.3) is 5.91 Å². The standard InChI is InChI=1S/C26H29N7O3S/c1-16-29-22-13-32(14-23(22)37-16)25(34)21-12-24(28-15-27-21)31-8-6-18(7-9-31)33-10-5-17-11-19(36-2)3-4-20(17)30-26(33)35/h3-4,11-12,15,18H,5-10,13-14H2,1-2H3,(H,30,35). The van der Waals surface area contributed by atoms with Gasteiger partial charge in [0.15, 0.2) is 0 Å². The highest BCUT2D eigenvalue weighted by molar-refractivity contribution is 7.11. The molecule has 3 aromatic rings. The molecule has 11 heteroatoms. The number of hydrogen-bond donors (Lipinski definition) is 1. The molecule has 6 rings (SSSR count). The van der Waals surface area contributed by atoms with Gasteiger partial charge in [-0.1, -0.05) is 0 Å². The molecule has 37 heavy (non-hydrogen) atoms. The lowest BCUT2D eigenvalue weighted by molar-refractivity contribution is 0.0744. The Morgan fingerprint density at radius 1 is 1.14 bits per heavy atom. The number of urea groups is 1. The van der Waals surface area contributed by atoms with Crippen molar-refractivity contribution in [3.05, 3.63) is 57.4 Å². The molecule has 0 saturated carbocycles. The van der Waals surface area contributed by atoms with Crippen LogP contribution in [0.3, 0.4) is 0 Å². The number of nitrogens with one attached hydrogen (secondary N) is 1. The molecule has 0 aliphatic carbocycles. The van der Waals surface area contributed by atoms with E-state index in [4.69, 9.17) is 4.74 Å². The highest BCUT2D eigenvalue weighted by Gasteiger charge is 2.32. The van der Waals surface area contributed by atoms with Gasteiger partial charge in [-0.05, 0) is 49.9 Å². The van der Waals surface area contributed by atoms with E-state index in [1.165, 1.54) is 6.33 Å². The number of anilines is 2. The molecule has 0 radical (unpaired) electrons. The molecule has 0 atom stereocenters. The van der Waals surface area contributed by atoms with E-state index in [-0.39, 0.29) is 18.0 Å². The largest absolute Gasteiger partial charge is 0.497 e. The molecule has 10 nitrogen and oxygen atoms in total. The topological polar surface area (TPSA) is 104 Å². The van der Waals surface area contributed by atoms with Crippen LogP contribution in [0.2, 0.25) is 0 Å². The van der Waals surface area contributed by atoms with E-state index in [0.29, 0.717) is 25.3 Å². The van der Waals surface area contributed by atoms with E-state index in [2.05, 4.69) is 25.2 Å². The molecule has 1 fully saturated rings. The van der Waals surface area contributed by atoms with Crippen LogP contribution in [0.1, 0.15) is 44.5 Å². The Bertz CT molecular complexity index is 1330. The minimum absolute atomic E-state index is 0.0545. The van der Waals surface area contributed by atoms with Gasteiger partial charge in [-0.3, -0.25) is 4.79 Å². The number of aryl methyl sites for hydroxylation is 1. The predicted octanol–water partition coefficient (Wildman–Crippen LogP) is 3.47. The van der Waals surface area contributed by atoms with Crippen molar-refractivity contribution in [3.63, 3.8) is 0 Å². The van der Waals surface area contributed by atoms with Crippen LogP contribution in [0.25, 0.3) is 0 Å². The fourth-order valence-corrected chi connectivity index (χ4v) is 6.38. The summed E-state index contributed by atoms with van der Waals surface area (Å²) < 4.78 is 5.34. The smallest absolute Gasteiger partial charge is 0.322 e. The average molecular weight is 520 g/mol. The molecule has 1 aromatic carbocycles. The van der Waals surface area contributed by atoms with Crippen molar-refractivity contribution in [3.8, 4) is 5.75 Å². The number of ether oxygens (including phenoxy) is 1. The summed E-state index contributed by atoms with van der Waals surface area (Å²) >= 11 is 1.65. The molecular weight excluding hydrogens is 490 g/mol.